The Balaban J connectivity index is 1.13. The summed E-state index contributed by atoms with van der Waals surface area (Å²) in [4.78, 5) is 20.2. The van der Waals surface area contributed by atoms with E-state index in [1.54, 1.807) is 0 Å². The van der Waals surface area contributed by atoms with Crippen LogP contribution in [0, 0.1) is 0 Å². The van der Waals surface area contributed by atoms with E-state index in [0.717, 1.165) is 50.1 Å². The molecule has 0 N–H and O–H groups in total. The predicted octanol–water partition coefficient (Wildman–Crippen LogP) is 15.2. The first-order valence-corrected chi connectivity index (χ1v) is 22.2. The van der Waals surface area contributed by atoms with Crippen LogP contribution in [-0.4, -0.2) is 19.9 Å². The Morgan fingerprint density at radius 1 is 0.534 bits per heavy atom. The first-order chi connectivity index (χ1) is 28.3. The van der Waals surface area contributed by atoms with Crippen molar-refractivity contribution in [3.63, 3.8) is 0 Å². The standard InChI is InChI=1S/C53H60N4O/c1-6-8-10-12-14-20-33-53(34-21-15-13-11-9-7-2)44-27-18-16-23-39(44)40-31-29-37(35-45(40)53)46-32-30-38(36-54-46)49-55-50(57-51(56-49)52(3,4)5)43-26-22-25-42-41-24-17-19-28-47(41)58-48(42)43/h16-19,22-32,35-36H,6-15,20-21,33-34H2,1-5H3. The van der Waals surface area contributed by atoms with E-state index in [2.05, 4.69) is 107 Å². The van der Waals surface area contributed by atoms with Crippen molar-refractivity contribution in [2.24, 2.45) is 0 Å². The van der Waals surface area contributed by atoms with Gasteiger partial charge >= 0.3 is 0 Å². The SMILES string of the molecule is CCCCCCCCC1(CCCCCCCC)c2ccccc2-c2ccc(-c3ccc(-c4nc(-c5cccc6c5oc5ccccc56)nc(C(C)(C)C)n4)cn3)cc21. The van der Waals surface area contributed by atoms with E-state index in [1.807, 2.05) is 30.5 Å². The van der Waals surface area contributed by atoms with Crippen molar-refractivity contribution in [3.8, 4) is 45.2 Å². The Bertz CT molecular complexity index is 2470. The van der Waals surface area contributed by atoms with Crippen molar-refractivity contribution in [1.29, 1.82) is 0 Å². The molecule has 0 bridgehead atoms. The van der Waals surface area contributed by atoms with Gasteiger partial charge in [-0.15, -0.1) is 0 Å². The molecule has 0 spiro atoms. The molecule has 0 saturated heterocycles. The number of unbranched alkanes of at least 4 members (excludes halogenated alkanes) is 10. The molecule has 5 nitrogen and oxygen atoms in total. The van der Waals surface area contributed by atoms with Gasteiger partial charge in [0.1, 0.15) is 17.0 Å². The normalized spacial score (nSPS) is 13.3. The molecule has 0 aliphatic heterocycles. The summed E-state index contributed by atoms with van der Waals surface area (Å²) in [5.74, 6) is 1.95. The highest BCUT2D eigenvalue weighted by Gasteiger charge is 2.42. The third-order valence-corrected chi connectivity index (χ3v) is 12.5. The van der Waals surface area contributed by atoms with E-state index in [-0.39, 0.29) is 10.8 Å². The Morgan fingerprint density at radius 3 is 1.88 bits per heavy atom. The number of hydrogen-bond donors (Lipinski definition) is 0. The van der Waals surface area contributed by atoms with Gasteiger partial charge in [0.25, 0.3) is 0 Å². The van der Waals surface area contributed by atoms with Crippen LogP contribution in [0.2, 0.25) is 0 Å². The number of nitrogens with zero attached hydrogens (tertiary/aromatic N) is 4. The fourth-order valence-corrected chi connectivity index (χ4v) is 9.27. The van der Waals surface area contributed by atoms with Gasteiger partial charge < -0.3 is 4.42 Å². The number of fused-ring (bicyclic) bond motifs is 6. The van der Waals surface area contributed by atoms with Crippen LogP contribution < -0.4 is 0 Å². The lowest BCUT2D eigenvalue weighted by molar-refractivity contribution is 0.398. The second-order valence-corrected chi connectivity index (χ2v) is 17.7. The van der Waals surface area contributed by atoms with Gasteiger partial charge in [-0.1, -0.05) is 178 Å². The van der Waals surface area contributed by atoms with Crippen molar-refractivity contribution in [2.45, 2.75) is 135 Å². The molecular formula is C53H60N4O. The van der Waals surface area contributed by atoms with Crippen molar-refractivity contribution >= 4 is 21.9 Å². The van der Waals surface area contributed by atoms with Gasteiger partial charge in [-0.05, 0) is 65.4 Å². The van der Waals surface area contributed by atoms with Crippen molar-refractivity contribution in [2.75, 3.05) is 0 Å². The molecule has 7 aromatic rings. The average molecular weight is 769 g/mol. The first kappa shape index (κ1) is 39.7. The van der Waals surface area contributed by atoms with E-state index in [0.29, 0.717) is 11.6 Å². The number of rotatable bonds is 17. The maximum Gasteiger partial charge on any atom is 0.167 e. The lowest BCUT2D eigenvalue weighted by Gasteiger charge is -2.33. The van der Waals surface area contributed by atoms with E-state index in [1.165, 1.54) is 112 Å². The second-order valence-electron chi connectivity index (χ2n) is 17.7. The monoisotopic (exact) mass is 768 g/mol. The summed E-state index contributed by atoms with van der Waals surface area (Å²) in [6, 6.07) is 35.0. The third-order valence-electron chi connectivity index (χ3n) is 12.5. The summed E-state index contributed by atoms with van der Waals surface area (Å²) in [7, 11) is 0. The van der Waals surface area contributed by atoms with Crippen molar-refractivity contribution in [3.05, 3.63) is 120 Å². The molecule has 5 heteroatoms. The van der Waals surface area contributed by atoms with Crippen LogP contribution in [0.4, 0.5) is 0 Å². The fraction of sp³-hybridized carbons (Fsp3) is 0.396. The van der Waals surface area contributed by atoms with Gasteiger partial charge in [-0.3, -0.25) is 4.98 Å². The quantitative estimate of drug-likeness (QED) is 0.0863. The molecular weight excluding hydrogens is 709 g/mol. The predicted molar refractivity (Wildman–Crippen MR) is 242 cm³/mol. The Hall–Kier alpha value is -5.16. The van der Waals surface area contributed by atoms with Crippen LogP contribution >= 0.6 is 0 Å². The van der Waals surface area contributed by atoms with Crippen molar-refractivity contribution < 1.29 is 4.42 Å². The molecule has 0 unspecified atom stereocenters. The summed E-state index contributed by atoms with van der Waals surface area (Å²) >= 11 is 0. The summed E-state index contributed by atoms with van der Waals surface area (Å²) < 4.78 is 6.41. The molecule has 1 aliphatic carbocycles. The average Bonchev–Trinajstić information content (AvgIpc) is 3.76. The third kappa shape index (κ3) is 7.97. The Morgan fingerprint density at radius 2 is 1.16 bits per heavy atom. The highest BCUT2D eigenvalue weighted by Crippen LogP contribution is 2.55. The molecule has 1 aliphatic rings. The van der Waals surface area contributed by atoms with E-state index in [4.69, 9.17) is 24.4 Å². The van der Waals surface area contributed by atoms with E-state index < -0.39 is 0 Å². The first-order valence-electron chi connectivity index (χ1n) is 22.2. The minimum Gasteiger partial charge on any atom is -0.455 e. The van der Waals surface area contributed by atoms with Crippen molar-refractivity contribution in [1.82, 2.24) is 19.9 Å². The molecule has 3 aromatic heterocycles. The number of para-hydroxylation sites is 2. The highest BCUT2D eigenvalue weighted by atomic mass is 16.3. The lowest BCUT2D eigenvalue weighted by Crippen LogP contribution is -2.25. The molecule has 0 amide bonds. The minimum atomic E-state index is -0.291. The van der Waals surface area contributed by atoms with Crippen LogP contribution in [0.3, 0.4) is 0 Å². The van der Waals surface area contributed by atoms with Gasteiger partial charge in [-0.2, -0.15) is 0 Å². The van der Waals surface area contributed by atoms with E-state index in [9.17, 15) is 0 Å². The topological polar surface area (TPSA) is 64.7 Å². The Kier molecular flexibility index (Phi) is 11.9. The molecule has 58 heavy (non-hydrogen) atoms. The zero-order valence-electron chi connectivity index (χ0n) is 35.4. The lowest BCUT2D eigenvalue weighted by atomic mass is 9.70. The second kappa shape index (κ2) is 17.4. The molecule has 8 rings (SSSR count). The number of aromatic nitrogens is 4. The molecule has 298 valence electrons. The van der Waals surface area contributed by atoms with Crippen LogP contribution in [0.1, 0.15) is 141 Å². The molecule has 0 radical (unpaired) electrons. The fourth-order valence-electron chi connectivity index (χ4n) is 9.27. The van der Waals surface area contributed by atoms with Gasteiger partial charge in [0, 0.05) is 38.9 Å². The van der Waals surface area contributed by atoms with Gasteiger partial charge in [0.15, 0.2) is 11.6 Å². The van der Waals surface area contributed by atoms with E-state index >= 15 is 0 Å². The summed E-state index contributed by atoms with van der Waals surface area (Å²) in [5.41, 5.74) is 11.1. The summed E-state index contributed by atoms with van der Waals surface area (Å²) in [6.45, 7) is 11.0. The van der Waals surface area contributed by atoms with Crippen LogP contribution in [0.15, 0.2) is 108 Å². The van der Waals surface area contributed by atoms with Crippen LogP contribution in [0.5, 0.6) is 0 Å². The maximum atomic E-state index is 6.41. The smallest absolute Gasteiger partial charge is 0.167 e. The number of hydrogen-bond acceptors (Lipinski definition) is 5. The molecule has 0 fully saturated rings. The zero-order valence-corrected chi connectivity index (χ0v) is 35.4. The van der Waals surface area contributed by atoms with Crippen LogP contribution in [-0.2, 0) is 10.8 Å². The Labute approximate surface area is 345 Å². The summed E-state index contributed by atoms with van der Waals surface area (Å²) in [5, 5.41) is 2.14. The number of pyridine rings is 1. The molecule has 0 saturated carbocycles. The number of furan rings is 1. The maximum absolute atomic E-state index is 6.41. The zero-order chi connectivity index (χ0) is 40.1. The molecule has 4 aromatic carbocycles. The minimum absolute atomic E-state index is 0.0325. The van der Waals surface area contributed by atoms with Crippen LogP contribution in [0.25, 0.3) is 67.1 Å². The highest BCUT2D eigenvalue weighted by molar-refractivity contribution is 6.09. The molecule has 3 heterocycles. The summed E-state index contributed by atoms with van der Waals surface area (Å²) in [6.07, 6.45) is 20.1. The molecule has 0 atom stereocenters. The van der Waals surface area contributed by atoms with Gasteiger partial charge in [0.2, 0.25) is 0 Å². The number of benzene rings is 4. The van der Waals surface area contributed by atoms with Gasteiger partial charge in [0.05, 0.1) is 11.3 Å². The largest absolute Gasteiger partial charge is 0.455 e. The van der Waals surface area contributed by atoms with Gasteiger partial charge in [-0.25, -0.2) is 15.0 Å².